The molecule has 1 aromatic carbocycles. The van der Waals surface area contributed by atoms with E-state index in [1.54, 1.807) is 29.9 Å². The molecule has 2 aliphatic rings. The van der Waals surface area contributed by atoms with Crippen LogP contribution in [-0.2, 0) is 11.2 Å². The van der Waals surface area contributed by atoms with E-state index in [0.717, 1.165) is 6.42 Å². The number of hydrogen-bond acceptors (Lipinski definition) is 5. The highest BCUT2D eigenvalue weighted by Crippen LogP contribution is 2.30. The summed E-state index contributed by atoms with van der Waals surface area (Å²) in [4.78, 5) is 25.3. The lowest BCUT2D eigenvalue weighted by Gasteiger charge is -2.15. The largest absolute Gasteiger partial charge is 0.477 e. The van der Waals surface area contributed by atoms with Gasteiger partial charge in [-0.25, -0.2) is 4.68 Å². The second-order valence-corrected chi connectivity index (χ2v) is 7.00. The third-order valence-electron chi connectivity index (χ3n) is 4.99. The van der Waals surface area contributed by atoms with Crippen LogP contribution in [0.2, 0.25) is 0 Å². The van der Waals surface area contributed by atoms with Crippen molar-refractivity contribution >= 4 is 11.8 Å². The fraction of sp³-hybridized carbons (Fsp3) is 0.350. The molecule has 3 heterocycles. The van der Waals surface area contributed by atoms with E-state index in [9.17, 15) is 14.7 Å². The number of aromatic nitrogens is 2. The summed E-state index contributed by atoms with van der Waals surface area (Å²) in [6, 6.07) is 7.13. The van der Waals surface area contributed by atoms with Gasteiger partial charge in [0.2, 0.25) is 11.5 Å². The third-order valence-corrected chi connectivity index (χ3v) is 4.99. The number of likely N-dealkylation sites (N-methyl/N-ethyl adjacent to an activating group) is 1. The Morgan fingerprint density at radius 2 is 2.25 bits per heavy atom. The molecule has 8 nitrogen and oxygen atoms in total. The van der Waals surface area contributed by atoms with Crippen LogP contribution < -0.4 is 10.5 Å². The molecule has 2 aromatic rings. The molecule has 4 rings (SSSR count). The molecule has 8 heteroatoms. The van der Waals surface area contributed by atoms with Gasteiger partial charge in [0.25, 0.3) is 11.8 Å². The fourth-order valence-corrected chi connectivity index (χ4v) is 3.46. The molecule has 0 radical (unpaired) electrons. The van der Waals surface area contributed by atoms with Crippen molar-refractivity contribution in [3.8, 4) is 23.4 Å². The summed E-state index contributed by atoms with van der Waals surface area (Å²) >= 11 is 0. The first kappa shape index (κ1) is 18.1. The molecule has 0 spiro atoms. The predicted molar refractivity (Wildman–Crippen MR) is 100.0 cm³/mol. The van der Waals surface area contributed by atoms with Crippen LogP contribution in [0.25, 0.3) is 5.69 Å². The maximum Gasteiger partial charge on any atom is 0.269 e. The molecule has 0 aliphatic carbocycles. The van der Waals surface area contributed by atoms with Gasteiger partial charge in [0.1, 0.15) is 0 Å². The van der Waals surface area contributed by atoms with E-state index in [1.165, 1.54) is 4.90 Å². The third kappa shape index (κ3) is 3.00. The summed E-state index contributed by atoms with van der Waals surface area (Å²) in [7, 11) is 1.64. The molecule has 1 fully saturated rings. The van der Waals surface area contributed by atoms with Crippen molar-refractivity contribution in [1.29, 1.82) is 0 Å². The van der Waals surface area contributed by atoms with Crippen LogP contribution in [0.15, 0.2) is 24.3 Å². The smallest absolute Gasteiger partial charge is 0.269 e. The van der Waals surface area contributed by atoms with Gasteiger partial charge in [0, 0.05) is 31.1 Å². The number of fused-ring (bicyclic) bond motifs is 1. The summed E-state index contributed by atoms with van der Waals surface area (Å²) < 4.78 is 7.27. The first-order valence-corrected chi connectivity index (χ1v) is 9.05. The van der Waals surface area contributed by atoms with E-state index in [1.807, 2.05) is 6.07 Å². The van der Waals surface area contributed by atoms with Gasteiger partial charge in [-0.2, -0.15) is 5.10 Å². The zero-order chi connectivity index (χ0) is 19.9. The van der Waals surface area contributed by atoms with Crippen molar-refractivity contribution in [2.45, 2.75) is 24.9 Å². The number of ether oxygens (including phenoxy) is 1. The van der Waals surface area contributed by atoms with Gasteiger partial charge >= 0.3 is 0 Å². The number of carbonyl (C=O) groups excluding carboxylic acids is 2. The van der Waals surface area contributed by atoms with E-state index in [-0.39, 0.29) is 12.1 Å². The second-order valence-electron chi connectivity index (χ2n) is 7.00. The Balaban J connectivity index is 1.71. The minimum absolute atomic E-state index is 0.208. The second kappa shape index (κ2) is 6.69. The maximum absolute atomic E-state index is 12.1. The van der Waals surface area contributed by atoms with Gasteiger partial charge in [0.05, 0.1) is 12.3 Å². The Labute approximate surface area is 161 Å². The minimum atomic E-state index is -1.65. The number of amides is 2. The number of rotatable bonds is 2. The van der Waals surface area contributed by atoms with Gasteiger partial charge in [-0.15, -0.1) is 0 Å². The Kier molecular flexibility index (Phi) is 4.32. The molecule has 1 atom stereocenters. The van der Waals surface area contributed by atoms with E-state index in [4.69, 9.17) is 10.5 Å². The summed E-state index contributed by atoms with van der Waals surface area (Å²) in [5.41, 5.74) is 5.98. The lowest BCUT2D eigenvalue weighted by Crippen LogP contribution is -2.37. The molecule has 2 amide bonds. The van der Waals surface area contributed by atoms with Crippen LogP contribution in [0, 0.1) is 11.8 Å². The SMILES string of the molecule is CN1CC[C@@](O)(C#Cc2cccc(-n3nc(C(N)=O)c4c3OCCC4)c2)C1=O. The quantitative estimate of drug-likeness (QED) is 0.725. The highest BCUT2D eigenvalue weighted by atomic mass is 16.5. The number of nitrogens with two attached hydrogens (primary N) is 1. The first-order chi connectivity index (χ1) is 13.4. The molecule has 1 aromatic heterocycles. The van der Waals surface area contributed by atoms with Crippen LogP contribution in [-0.4, -0.2) is 57.4 Å². The van der Waals surface area contributed by atoms with Crippen molar-refractivity contribution in [2.24, 2.45) is 5.73 Å². The number of benzene rings is 1. The summed E-state index contributed by atoms with van der Waals surface area (Å²) in [6.07, 6.45) is 1.75. The zero-order valence-electron chi connectivity index (χ0n) is 15.4. The van der Waals surface area contributed by atoms with E-state index in [2.05, 4.69) is 16.9 Å². The molecule has 144 valence electrons. The van der Waals surface area contributed by atoms with Crippen LogP contribution in [0.1, 0.15) is 34.5 Å². The zero-order valence-corrected chi connectivity index (χ0v) is 15.4. The van der Waals surface area contributed by atoms with Gasteiger partial charge < -0.3 is 20.5 Å². The van der Waals surface area contributed by atoms with Crippen molar-refractivity contribution in [3.05, 3.63) is 41.1 Å². The lowest BCUT2D eigenvalue weighted by molar-refractivity contribution is -0.137. The Hall–Kier alpha value is -3.31. The number of likely N-dealkylation sites (tertiary alicyclic amines) is 1. The van der Waals surface area contributed by atoms with Crippen LogP contribution in [0.4, 0.5) is 0 Å². The first-order valence-electron chi connectivity index (χ1n) is 9.05. The Morgan fingerprint density at radius 1 is 1.43 bits per heavy atom. The van der Waals surface area contributed by atoms with Gasteiger partial charge in [-0.3, -0.25) is 9.59 Å². The molecular formula is C20H20N4O4. The van der Waals surface area contributed by atoms with Crippen molar-refractivity contribution in [3.63, 3.8) is 0 Å². The molecule has 0 unspecified atom stereocenters. The standard InChI is InChI=1S/C20H20N4O4/c1-23-10-9-20(27,19(23)26)8-7-13-4-2-5-14(12-13)24-18-15(6-3-11-28-18)16(22-24)17(21)25/h2,4-5,12,27H,3,6,9-11H2,1H3,(H2,21,25)/t20-/m0/s1. The van der Waals surface area contributed by atoms with Crippen molar-refractivity contribution in [1.82, 2.24) is 14.7 Å². The van der Waals surface area contributed by atoms with Crippen LogP contribution in [0.3, 0.4) is 0 Å². The molecule has 1 saturated heterocycles. The van der Waals surface area contributed by atoms with E-state index >= 15 is 0 Å². The topological polar surface area (TPSA) is 111 Å². The molecular weight excluding hydrogens is 360 g/mol. The van der Waals surface area contributed by atoms with E-state index in [0.29, 0.717) is 42.3 Å². The lowest BCUT2D eigenvalue weighted by atomic mass is 10.0. The van der Waals surface area contributed by atoms with Crippen LogP contribution >= 0.6 is 0 Å². The molecule has 28 heavy (non-hydrogen) atoms. The highest BCUT2D eigenvalue weighted by molar-refractivity contribution is 5.93. The average molecular weight is 380 g/mol. The molecule has 0 saturated carbocycles. The molecule has 3 N–H and O–H groups in total. The maximum atomic E-state index is 12.1. The number of primary amides is 1. The van der Waals surface area contributed by atoms with Gasteiger partial charge in [0.15, 0.2) is 5.69 Å². The summed E-state index contributed by atoms with van der Waals surface area (Å²) in [5.74, 6) is 5.10. The summed E-state index contributed by atoms with van der Waals surface area (Å²) in [6.45, 7) is 1.01. The normalized spacial score (nSPS) is 20.9. The Bertz CT molecular complexity index is 1030. The van der Waals surface area contributed by atoms with Gasteiger partial charge in [-0.05, 0) is 31.0 Å². The molecule has 0 bridgehead atoms. The van der Waals surface area contributed by atoms with E-state index < -0.39 is 17.4 Å². The predicted octanol–water partition coefficient (Wildman–Crippen LogP) is 0.241. The molecule has 2 aliphatic heterocycles. The number of aliphatic hydroxyl groups is 1. The van der Waals surface area contributed by atoms with Gasteiger partial charge in [-0.1, -0.05) is 17.9 Å². The average Bonchev–Trinajstić information content (AvgIpc) is 3.21. The minimum Gasteiger partial charge on any atom is -0.477 e. The van der Waals surface area contributed by atoms with Crippen molar-refractivity contribution in [2.75, 3.05) is 20.2 Å². The Morgan fingerprint density at radius 3 is 2.96 bits per heavy atom. The number of hydrogen-bond donors (Lipinski definition) is 2. The van der Waals surface area contributed by atoms with Crippen LogP contribution in [0.5, 0.6) is 5.88 Å². The monoisotopic (exact) mass is 380 g/mol. The number of carbonyl (C=O) groups is 2. The highest BCUT2D eigenvalue weighted by Gasteiger charge is 2.42. The van der Waals surface area contributed by atoms with Crippen molar-refractivity contribution < 1.29 is 19.4 Å². The summed E-state index contributed by atoms with van der Waals surface area (Å²) in [5, 5.41) is 14.8. The fourth-order valence-electron chi connectivity index (χ4n) is 3.46. The number of nitrogens with zero attached hydrogens (tertiary/aromatic N) is 3.